The zero-order chi connectivity index (χ0) is 13.8. The fourth-order valence-corrected chi connectivity index (χ4v) is 2.07. The number of urea groups is 1. The van der Waals surface area contributed by atoms with Gasteiger partial charge in [0, 0.05) is 14.9 Å². The van der Waals surface area contributed by atoms with Crippen LogP contribution in [-0.2, 0) is 0 Å². The molecule has 0 saturated carbocycles. The number of anilines is 2. The van der Waals surface area contributed by atoms with E-state index in [1.165, 1.54) is 12.1 Å². The highest BCUT2D eigenvalue weighted by Crippen LogP contribution is 2.18. The third-order valence-electron chi connectivity index (χ3n) is 2.53. The van der Waals surface area contributed by atoms with Crippen molar-refractivity contribution in [2.24, 2.45) is 0 Å². The number of hydrogen-bond donors (Lipinski definition) is 2. The van der Waals surface area contributed by atoms with Gasteiger partial charge < -0.3 is 10.6 Å². The molecule has 0 aliphatic heterocycles. The molecule has 0 aliphatic carbocycles. The fourth-order valence-electron chi connectivity index (χ4n) is 1.58. The van der Waals surface area contributed by atoms with E-state index in [4.69, 9.17) is 0 Å². The van der Waals surface area contributed by atoms with Crippen molar-refractivity contribution in [2.75, 3.05) is 10.6 Å². The van der Waals surface area contributed by atoms with E-state index in [-0.39, 0.29) is 5.82 Å². The van der Waals surface area contributed by atoms with Crippen molar-refractivity contribution in [2.45, 2.75) is 6.92 Å². The topological polar surface area (TPSA) is 41.1 Å². The number of nitrogens with one attached hydrogen (secondary N) is 2. The van der Waals surface area contributed by atoms with Gasteiger partial charge in [0.2, 0.25) is 0 Å². The first-order valence-corrected chi connectivity index (χ1v) is 6.72. The molecule has 0 aliphatic rings. The van der Waals surface area contributed by atoms with Crippen LogP contribution in [0.1, 0.15) is 5.56 Å². The molecule has 0 heterocycles. The van der Waals surface area contributed by atoms with Gasteiger partial charge in [0.15, 0.2) is 0 Å². The Morgan fingerprint density at radius 2 is 1.95 bits per heavy atom. The van der Waals surface area contributed by atoms with Crippen molar-refractivity contribution >= 4 is 40.0 Å². The molecule has 3 nitrogen and oxygen atoms in total. The summed E-state index contributed by atoms with van der Waals surface area (Å²) in [4.78, 5) is 11.8. The molecule has 98 valence electrons. The average Bonchev–Trinajstić information content (AvgIpc) is 2.34. The number of hydrogen-bond acceptors (Lipinski definition) is 1. The molecule has 0 unspecified atom stereocenters. The van der Waals surface area contributed by atoms with Gasteiger partial charge in [0.1, 0.15) is 5.82 Å². The van der Waals surface area contributed by atoms with Crippen molar-refractivity contribution in [1.29, 1.82) is 0 Å². The minimum Gasteiger partial charge on any atom is -0.308 e. The summed E-state index contributed by atoms with van der Waals surface area (Å²) in [6.07, 6.45) is 0. The van der Waals surface area contributed by atoms with Crippen LogP contribution in [0.4, 0.5) is 20.6 Å². The van der Waals surface area contributed by atoms with Crippen LogP contribution < -0.4 is 10.6 Å². The Balaban J connectivity index is 2.07. The van der Waals surface area contributed by atoms with Crippen LogP contribution in [0, 0.1) is 16.3 Å². The van der Waals surface area contributed by atoms with Gasteiger partial charge in [0.25, 0.3) is 0 Å². The lowest BCUT2D eigenvalue weighted by Gasteiger charge is -2.10. The maximum atomic E-state index is 13.0. The number of carbonyl (C=O) groups excluding carboxylic acids is 1. The molecule has 0 fully saturated rings. The fraction of sp³-hybridized carbons (Fsp3) is 0.0714. The average molecular weight is 370 g/mol. The second-order valence-electron chi connectivity index (χ2n) is 4.05. The lowest BCUT2D eigenvalue weighted by Crippen LogP contribution is -2.20. The van der Waals surface area contributed by atoms with E-state index < -0.39 is 6.03 Å². The summed E-state index contributed by atoms with van der Waals surface area (Å²) in [5, 5.41) is 5.33. The molecule has 2 aromatic rings. The zero-order valence-corrected chi connectivity index (χ0v) is 12.4. The summed E-state index contributed by atoms with van der Waals surface area (Å²) in [5.41, 5.74) is 2.12. The van der Waals surface area contributed by atoms with Crippen molar-refractivity contribution in [3.8, 4) is 0 Å². The zero-order valence-electron chi connectivity index (χ0n) is 10.2. The van der Waals surface area contributed by atoms with Gasteiger partial charge in [0.05, 0.1) is 0 Å². The van der Waals surface area contributed by atoms with E-state index >= 15 is 0 Å². The number of carbonyl (C=O) groups is 1. The molecule has 0 bridgehead atoms. The summed E-state index contributed by atoms with van der Waals surface area (Å²) in [5.74, 6) is -0.386. The van der Waals surface area contributed by atoms with E-state index in [1.807, 2.05) is 25.1 Å². The van der Waals surface area contributed by atoms with Crippen LogP contribution in [0.25, 0.3) is 0 Å². The number of benzene rings is 2. The second kappa shape index (κ2) is 6.01. The molecule has 2 amide bonds. The van der Waals surface area contributed by atoms with Gasteiger partial charge >= 0.3 is 6.03 Å². The molecule has 0 spiro atoms. The first-order valence-electron chi connectivity index (χ1n) is 5.64. The van der Waals surface area contributed by atoms with Gasteiger partial charge in [-0.25, -0.2) is 9.18 Å². The SMILES string of the molecule is Cc1ccc(I)cc1NC(=O)Nc1cccc(F)c1. The van der Waals surface area contributed by atoms with Crippen LogP contribution in [-0.4, -0.2) is 6.03 Å². The van der Waals surface area contributed by atoms with E-state index in [0.29, 0.717) is 5.69 Å². The van der Waals surface area contributed by atoms with Crippen LogP contribution in [0.15, 0.2) is 42.5 Å². The lowest BCUT2D eigenvalue weighted by atomic mass is 10.2. The van der Waals surface area contributed by atoms with E-state index in [2.05, 4.69) is 33.2 Å². The van der Waals surface area contributed by atoms with Gasteiger partial charge in [-0.05, 0) is 65.4 Å². The van der Waals surface area contributed by atoms with Crippen molar-refractivity contribution in [3.63, 3.8) is 0 Å². The van der Waals surface area contributed by atoms with Gasteiger partial charge in [-0.15, -0.1) is 0 Å². The molecular formula is C14H12FIN2O. The molecule has 0 atom stereocenters. The third-order valence-corrected chi connectivity index (χ3v) is 3.20. The predicted octanol–water partition coefficient (Wildman–Crippen LogP) is 4.38. The maximum Gasteiger partial charge on any atom is 0.323 e. The Hall–Kier alpha value is -1.63. The Labute approximate surface area is 124 Å². The summed E-state index contributed by atoms with van der Waals surface area (Å²) >= 11 is 2.18. The van der Waals surface area contributed by atoms with Crippen molar-refractivity contribution in [3.05, 3.63) is 57.4 Å². The van der Waals surface area contributed by atoms with Crippen molar-refractivity contribution in [1.82, 2.24) is 0 Å². The molecule has 2 rings (SSSR count). The summed E-state index contributed by atoms with van der Waals surface area (Å²) in [6.45, 7) is 1.91. The van der Waals surface area contributed by atoms with E-state index in [1.54, 1.807) is 12.1 Å². The second-order valence-corrected chi connectivity index (χ2v) is 5.29. The Morgan fingerprint density at radius 1 is 1.16 bits per heavy atom. The molecule has 0 saturated heterocycles. The van der Waals surface area contributed by atoms with Crippen LogP contribution >= 0.6 is 22.6 Å². The minimum atomic E-state index is -0.393. The highest BCUT2D eigenvalue weighted by Gasteiger charge is 2.05. The highest BCUT2D eigenvalue weighted by atomic mass is 127. The van der Waals surface area contributed by atoms with E-state index in [9.17, 15) is 9.18 Å². The molecular weight excluding hydrogens is 358 g/mol. The number of aryl methyl sites for hydroxylation is 1. The maximum absolute atomic E-state index is 13.0. The normalized spacial score (nSPS) is 10.1. The number of halogens is 2. The number of rotatable bonds is 2. The molecule has 2 aromatic carbocycles. The quantitative estimate of drug-likeness (QED) is 0.757. The first kappa shape index (κ1) is 13.8. The monoisotopic (exact) mass is 370 g/mol. The standard InChI is InChI=1S/C14H12FIN2O/c1-9-5-6-11(16)8-13(9)18-14(19)17-12-4-2-3-10(15)7-12/h2-8H,1H3,(H2,17,18,19). The lowest BCUT2D eigenvalue weighted by molar-refractivity contribution is 0.262. The van der Waals surface area contributed by atoms with Crippen LogP contribution in [0.5, 0.6) is 0 Å². The Morgan fingerprint density at radius 3 is 2.68 bits per heavy atom. The summed E-state index contributed by atoms with van der Waals surface area (Å²) < 4.78 is 14.0. The Bertz CT molecular complexity index is 616. The highest BCUT2D eigenvalue weighted by molar-refractivity contribution is 14.1. The van der Waals surface area contributed by atoms with Gasteiger partial charge in [-0.3, -0.25) is 0 Å². The summed E-state index contributed by atoms with van der Waals surface area (Å²) in [6, 6.07) is 11.1. The molecule has 19 heavy (non-hydrogen) atoms. The largest absolute Gasteiger partial charge is 0.323 e. The molecule has 0 aromatic heterocycles. The molecule has 5 heteroatoms. The minimum absolute atomic E-state index is 0.386. The van der Waals surface area contributed by atoms with Crippen molar-refractivity contribution < 1.29 is 9.18 Å². The predicted molar refractivity (Wildman–Crippen MR) is 82.9 cm³/mol. The third kappa shape index (κ3) is 3.92. The first-order chi connectivity index (χ1) is 9.04. The van der Waals surface area contributed by atoms with Gasteiger partial charge in [-0.1, -0.05) is 12.1 Å². The summed E-state index contributed by atoms with van der Waals surface area (Å²) in [7, 11) is 0. The van der Waals surface area contributed by atoms with Crippen LogP contribution in [0.3, 0.4) is 0 Å². The molecule has 2 N–H and O–H groups in total. The van der Waals surface area contributed by atoms with E-state index in [0.717, 1.165) is 14.8 Å². The molecule has 0 radical (unpaired) electrons. The van der Waals surface area contributed by atoms with Crippen LogP contribution in [0.2, 0.25) is 0 Å². The number of amides is 2. The smallest absolute Gasteiger partial charge is 0.308 e. The van der Waals surface area contributed by atoms with Gasteiger partial charge in [-0.2, -0.15) is 0 Å². The Kier molecular flexibility index (Phi) is 4.36.